The quantitative estimate of drug-likeness (QED) is 0.679. The fraction of sp³-hybridized carbons (Fsp3) is 0.455. The predicted octanol–water partition coefficient (Wildman–Crippen LogP) is 4.38. The smallest absolute Gasteiger partial charge is 0.124 e. The van der Waals surface area contributed by atoms with E-state index >= 15 is 0 Å². The first-order chi connectivity index (χ1) is 6.13. The van der Waals surface area contributed by atoms with Gasteiger partial charge in [-0.1, -0.05) is 31.9 Å². The van der Waals surface area contributed by atoms with Crippen molar-refractivity contribution in [1.29, 1.82) is 0 Å². The van der Waals surface area contributed by atoms with E-state index in [1.54, 1.807) is 6.07 Å². The van der Waals surface area contributed by atoms with E-state index in [1.807, 2.05) is 6.07 Å². The minimum absolute atomic E-state index is 0.245. The molecule has 0 aliphatic rings. The van der Waals surface area contributed by atoms with Gasteiger partial charge in [0.1, 0.15) is 5.82 Å². The third-order valence-electron chi connectivity index (χ3n) is 2.18. The van der Waals surface area contributed by atoms with E-state index < -0.39 is 0 Å². The first-order valence-corrected chi connectivity index (χ1v) is 4.97. The Morgan fingerprint density at radius 2 is 2.08 bits per heavy atom. The molecule has 0 fully saturated rings. The highest BCUT2D eigenvalue weighted by atomic mass is 35.5. The van der Waals surface area contributed by atoms with E-state index in [1.165, 1.54) is 6.07 Å². The van der Waals surface area contributed by atoms with Crippen LogP contribution in [0.15, 0.2) is 18.2 Å². The Morgan fingerprint density at radius 3 is 2.62 bits per heavy atom. The summed E-state index contributed by atoms with van der Waals surface area (Å²) in [4.78, 5) is 0. The summed E-state index contributed by atoms with van der Waals surface area (Å²) in [6, 6.07) is 4.74. The first kappa shape index (κ1) is 10.5. The zero-order chi connectivity index (χ0) is 9.84. The van der Waals surface area contributed by atoms with Gasteiger partial charge in [0.15, 0.2) is 0 Å². The maximum Gasteiger partial charge on any atom is 0.124 e. The van der Waals surface area contributed by atoms with E-state index in [9.17, 15) is 4.39 Å². The van der Waals surface area contributed by atoms with E-state index in [0.29, 0.717) is 10.9 Å². The molecular weight excluding hydrogens is 187 g/mol. The second-order valence-electron chi connectivity index (χ2n) is 3.39. The summed E-state index contributed by atoms with van der Waals surface area (Å²) in [5, 5.41) is 0.484. The SMILES string of the molecule is CCCC(C)c1cc(F)cc(Cl)c1. The maximum atomic E-state index is 12.9. The lowest BCUT2D eigenvalue weighted by Gasteiger charge is -2.10. The van der Waals surface area contributed by atoms with Gasteiger partial charge >= 0.3 is 0 Å². The largest absolute Gasteiger partial charge is 0.207 e. The molecule has 0 aliphatic carbocycles. The van der Waals surface area contributed by atoms with Gasteiger partial charge < -0.3 is 0 Å². The van der Waals surface area contributed by atoms with Crippen molar-refractivity contribution in [1.82, 2.24) is 0 Å². The van der Waals surface area contributed by atoms with E-state index in [2.05, 4.69) is 13.8 Å². The average Bonchev–Trinajstić information content (AvgIpc) is 2.03. The fourth-order valence-corrected chi connectivity index (χ4v) is 1.69. The Balaban J connectivity index is 2.87. The molecule has 0 saturated carbocycles. The molecule has 0 bridgehead atoms. The molecule has 0 aliphatic heterocycles. The number of rotatable bonds is 3. The number of hydrogen-bond acceptors (Lipinski definition) is 0. The molecule has 0 N–H and O–H groups in total. The molecule has 0 saturated heterocycles. The molecule has 1 rings (SSSR count). The molecule has 0 amide bonds. The van der Waals surface area contributed by atoms with Crippen molar-refractivity contribution in [2.24, 2.45) is 0 Å². The molecule has 0 spiro atoms. The van der Waals surface area contributed by atoms with Crippen LogP contribution in [-0.4, -0.2) is 0 Å². The number of benzene rings is 1. The van der Waals surface area contributed by atoms with Gasteiger partial charge in [-0.2, -0.15) is 0 Å². The van der Waals surface area contributed by atoms with Crippen molar-refractivity contribution in [3.63, 3.8) is 0 Å². The van der Waals surface area contributed by atoms with Gasteiger partial charge in [0.25, 0.3) is 0 Å². The summed E-state index contributed by atoms with van der Waals surface area (Å²) in [7, 11) is 0. The Kier molecular flexibility index (Phi) is 3.73. The summed E-state index contributed by atoms with van der Waals surface area (Å²) >= 11 is 5.75. The number of hydrogen-bond donors (Lipinski definition) is 0. The van der Waals surface area contributed by atoms with Gasteiger partial charge in [-0.3, -0.25) is 0 Å². The Bertz CT molecular complexity index is 263. The van der Waals surface area contributed by atoms with Gasteiger partial charge in [-0.05, 0) is 36.1 Å². The normalized spacial score (nSPS) is 12.9. The Morgan fingerprint density at radius 1 is 1.38 bits per heavy atom. The summed E-state index contributed by atoms with van der Waals surface area (Å²) in [5.74, 6) is 0.142. The lowest BCUT2D eigenvalue weighted by Crippen LogP contribution is -1.93. The van der Waals surface area contributed by atoms with E-state index in [4.69, 9.17) is 11.6 Å². The molecule has 0 aromatic heterocycles. The molecule has 1 unspecified atom stereocenters. The van der Waals surface area contributed by atoms with Crippen LogP contribution in [0.25, 0.3) is 0 Å². The molecule has 0 nitrogen and oxygen atoms in total. The second-order valence-corrected chi connectivity index (χ2v) is 3.83. The first-order valence-electron chi connectivity index (χ1n) is 4.59. The average molecular weight is 201 g/mol. The number of halogens is 2. The van der Waals surface area contributed by atoms with Gasteiger partial charge in [-0.15, -0.1) is 0 Å². The summed E-state index contributed by atoms with van der Waals surface area (Å²) < 4.78 is 12.9. The van der Waals surface area contributed by atoms with Crippen LogP contribution in [0, 0.1) is 5.82 Å². The standard InChI is InChI=1S/C11H14ClF/c1-3-4-8(2)9-5-10(12)7-11(13)6-9/h5-8H,3-4H2,1-2H3. The molecule has 0 radical (unpaired) electrons. The van der Waals surface area contributed by atoms with Crippen molar-refractivity contribution in [3.8, 4) is 0 Å². The third-order valence-corrected chi connectivity index (χ3v) is 2.39. The maximum absolute atomic E-state index is 12.9. The highest BCUT2D eigenvalue weighted by Crippen LogP contribution is 2.24. The highest BCUT2D eigenvalue weighted by molar-refractivity contribution is 6.30. The van der Waals surface area contributed by atoms with Crippen molar-refractivity contribution in [2.45, 2.75) is 32.6 Å². The van der Waals surface area contributed by atoms with Gasteiger partial charge in [-0.25, -0.2) is 4.39 Å². The molecule has 1 aromatic carbocycles. The second kappa shape index (κ2) is 4.61. The van der Waals surface area contributed by atoms with Crippen molar-refractivity contribution in [2.75, 3.05) is 0 Å². The van der Waals surface area contributed by atoms with Crippen LogP contribution in [-0.2, 0) is 0 Å². The highest BCUT2D eigenvalue weighted by Gasteiger charge is 2.06. The third kappa shape index (κ3) is 3.00. The topological polar surface area (TPSA) is 0 Å². The summed E-state index contributed by atoms with van der Waals surface area (Å²) in [6.07, 6.45) is 2.18. The molecule has 72 valence electrons. The van der Waals surface area contributed by atoms with Crippen LogP contribution in [0.4, 0.5) is 4.39 Å². The Hall–Kier alpha value is -0.560. The van der Waals surface area contributed by atoms with E-state index in [-0.39, 0.29) is 5.82 Å². The van der Waals surface area contributed by atoms with Crippen molar-refractivity contribution < 1.29 is 4.39 Å². The molecule has 1 atom stereocenters. The summed E-state index contributed by atoms with van der Waals surface area (Å²) in [5.41, 5.74) is 0.992. The van der Waals surface area contributed by atoms with Crippen LogP contribution in [0.3, 0.4) is 0 Å². The Labute approximate surface area is 83.7 Å². The van der Waals surface area contributed by atoms with Gasteiger partial charge in [0.2, 0.25) is 0 Å². The predicted molar refractivity (Wildman–Crippen MR) is 54.7 cm³/mol. The van der Waals surface area contributed by atoms with Crippen LogP contribution >= 0.6 is 11.6 Å². The zero-order valence-electron chi connectivity index (χ0n) is 7.98. The molecule has 0 heterocycles. The minimum Gasteiger partial charge on any atom is -0.207 e. The summed E-state index contributed by atoms with van der Waals surface area (Å²) in [6.45, 7) is 4.21. The monoisotopic (exact) mass is 200 g/mol. The van der Waals surface area contributed by atoms with Gasteiger partial charge in [0, 0.05) is 5.02 Å². The lowest BCUT2D eigenvalue weighted by molar-refractivity contribution is 0.613. The van der Waals surface area contributed by atoms with Crippen LogP contribution < -0.4 is 0 Å². The molecule has 1 aromatic rings. The van der Waals surface area contributed by atoms with Crippen LogP contribution in [0.2, 0.25) is 5.02 Å². The van der Waals surface area contributed by atoms with Crippen molar-refractivity contribution >= 4 is 11.6 Å². The van der Waals surface area contributed by atoms with Crippen LogP contribution in [0.5, 0.6) is 0 Å². The lowest BCUT2D eigenvalue weighted by atomic mass is 9.97. The minimum atomic E-state index is -0.245. The fourth-order valence-electron chi connectivity index (χ4n) is 1.46. The van der Waals surface area contributed by atoms with Gasteiger partial charge in [0.05, 0.1) is 0 Å². The molecule has 13 heavy (non-hydrogen) atoms. The molecular formula is C11H14ClF. The zero-order valence-corrected chi connectivity index (χ0v) is 8.74. The van der Waals surface area contributed by atoms with Crippen LogP contribution in [0.1, 0.15) is 38.2 Å². The van der Waals surface area contributed by atoms with E-state index in [0.717, 1.165) is 18.4 Å². The molecule has 2 heteroatoms. The van der Waals surface area contributed by atoms with Crippen molar-refractivity contribution in [3.05, 3.63) is 34.6 Å².